The Morgan fingerprint density at radius 2 is 1.56 bits per heavy atom. The number of benzene rings is 2. The van der Waals surface area contributed by atoms with Gasteiger partial charge in [-0.25, -0.2) is 9.97 Å². The molecule has 1 fully saturated rings. The van der Waals surface area contributed by atoms with Crippen molar-refractivity contribution >= 4 is 28.9 Å². The Morgan fingerprint density at radius 3 is 2.18 bits per heavy atom. The molecule has 0 unspecified atom stereocenters. The fraction of sp³-hybridized carbons (Fsp3) is 0.227. The predicted octanol–water partition coefficient (Wildman–Crippen LogP) is 2.87. The first kappa shape index (κ1) is 22.7. The summed E-state index contributed by atoms with van der Waals surface area (Å²) in [5.74, 6) is 0.0784. The van der Waals surface area contributed by atoms with Gasteiger partial charge >= 0.3 is 0 Å². The second-order valence-corrected chi connectivity index (χ2v) is 7.72. The summed E-state index contributed by atoms with van der Waals surface area (Å²) in [5, 5.41) is 24.7. The highest BCUT2D eigenvalue weighted by Crippen LogP contribution is 2.24. The zero-order valence-corrected chi connectivity index (χ0v) is 18.0. The van der Waals surface area contributed by atoms with Gasteiger partial charge in [-0.1, -0.05) is 30.3 Å². The minimum absolute atomic E-state index is 0.191. The molecule has 3 aromatic rings. The number of piperazine rings is 1. The lowest BCUT2D eigenvalue weighted by Gasteiger charge is -2.35. The maximum atomic E-state index is 12.6. The minimum Gasteiger partial charge on any atom is -0.354 e. The van der Waals surface area contributed by atoms with Gasteiger partial charge in [-0.05, 0) is 5.56 Å². The van der Waals surface area contributed by atoms with Crippen LogP contribution in [0.4, 0.5) is 23.0 Å². The van der Waals surface area contributed by atoms with E-state index in [2.05, 4.69) is 37.2 Å². The van der Waals surface area contributed by atoms with Crippen molar-refractivity contribution in [3.05, 3.63) is 92.3 Å². The van der Waals surface area contributed by atoms with Crippen LogP contribution < -0.4 is 10.2 Å². The summed E-state index contributed by atoms with van der Waals surface area (Å²) in [6.07, 6.45) is 1.32. The third-order valence-corrected chi connectivity index (χ3v) is 5.43. The Bertz CT molecular complexity index is 1180. The first-order valence-corrected chi connectivity index (χ1v) is 10.5. The summed E-state index contributed by atoms with van der Waals surface area (Å²) in [7, 11) is 0. The van der Waals surface area contributed by atoms with Gasteiger partial charge in [0.05, 0.1) is 21.5 Å². The lowest BCUT2D eigenvalue weighted by Crippen LogP contribution is -2.46. The van der Waals surface area contributed by atoms with Crippen LogP contribution in [0, 0.1) is 20.2 Å². The number of aromatic nitrogens is 2. The van der Waals surface area contributed by atoms with E-state index in [1.807, 2.05) is 18.2 Å². The quantitative estimate of drug-likeness (QED) is 0.412. The van der Waals surface area contributed by atoms with E-state index in [1.54, 1.807) is 6.07 Å². The number of non-ortho nitro benzene ring substituents is 2. The highest BCUT2D eigenvalue weighted by molar-refractivity contribution is 6.04. The molecule has 4 rings (SSSR count). The van der Waals surface area contributed by atoms with E-state index in [1.165, 1.54) is 11.9 Å². The molecule has 0 aliphatic carbocycles. The molecular weight excluding hydrogens is 442 g/mol. The first-order valence-electron chi connectivity index (χ1n) is 10.5. The van der Waals surface area contributed by atoms with Gasteiger partial charge in [0.15, 0.2) is 0 Å². The van der Waals surface area contributed by atoms with Gasteiger partial charge < -0.3 is 10.2 Å². The molecule has 0 radical (unpaired) electrons. The van der Waals surface area contributed by atoms with Gasteiger partial charge in [0.1, 0.15) is 18.0 Å². The number of nitro groups is 2. The van der Waals surface area contributed by atoms with Gasteiger partial charge in [-0.3, -0.25) is 29.9 Å². The normalized spacial score (nSPS) is 13.9. The highest BCUT2D eigenvalue weighted by atomic mass is 16.6. The van der Waals surface area contributed by atoms with Crippen molar-refractivity contribution in [1.82, 2.24) is 14.9 Å². The summed E-state index contributed by atoms with van der Waals surface area (Å²) in [6.45, 7) is 4.05. The molecule has 1 aromatic heterocycles. The zero-order chi connectivity index (χ0) is 24.1. The van der Waals surface area contributed by atoms with Gasteiger partial charge in [0, 0.05) is 50.9 Å². The number of amides is 1. The summed E-state index contributed by atoms with van der Waals surface area (Å²) in [6, 6.07) is 14.6. The molecule has 34 heavy (non-hydrogen) atoms. The molecule has 12 heteroatoms. The number of hydrogen-bond acceptors (Lipinski definition) is 9. The number of rotatable bonds is 7. The third-order valence-electron chi connectivity index (χ3n) is 5.43. The van der Waals surface area contributed by atoms with Crippen molar-refractivity contribution in [2.24, 2.45) is 0 Å². The fourth-order valence-corrected chi connectivity index (χ4v) is 3.69. The molecule has 174 valence electrons. The molecule has 1 N–H and O–H groups in total. The number of nitro benzene ring substituents is 2. The minimum atomic E-state index is -0.788. The molecule has 0 atom stereocenters. The summed E-state index contributed by atoms with van der Waals surface area (Å²) in [5.41, 5.74) is -0.0489. The van der Waals surface area contributed by atoms with Gasteiger partial charge in [0.25, 0.3) is 17.3 Å². The van der Waals surface area contributed by atoms with Crippen LogP contribution in [0.2, 0.25) is 0 Å². The van der Waals surface area contributed by atoms with E-state index in [9.17, 15) is 25.0 Å². The maximum Gasteiger partial charge on any atom is 0.277 e. The molecule has 2 aromatic carbocycles. The van der Waals surface area contributed by atoms with Crippen molar-refractivity contribution in [2.45, 2.75) is 6.54 Å². The number of anilines is 2. The average molecular weight is 463 g/mol. The van der Waals surface area contributed by atoms with Crippen LogP contribution in [0.1, 0.15) is 15.9 Å². The first-order chi connectivity index (χ1) is 16.4. The second kappa shape index (κ2) is 10.0. The Morgan fingerprint density at radius 1 is 0.912 bits per heavy atom. The number of hydrogen-bond donors (Lipinski definition) is 1. The van der Waals surface area contributed by atoms with Crippen molar-refractivity contribution in [3.63, 3.8) is 0 Å². The number of carbonyl (C=O) groups is 1. The number of carbonyl (C=O) groups excluding carboxylic acids is 1. The molecule has 1 aliphatic heterocycles. The molecule has 0 saturated carbocycles. The predicted molar refractivity (Wildman–Crippen MR) is 124 cm³/mol. The molecule has 1 aliphatic rings. The Hall–Kier alpha value is -4.45. The van der Waals surface area contributed by atoms with Crippen LogP contribution in [0.3, 0.4) is 0 Å². The molecular formula is C22H21N7O5. The van der Waals surface area contributed by atoms with Crippen LogP contribution in [0.5, 0.6) is 0 Å². The fourth-order valence-electron chi connectivity index (χ4n) is 3.69. The lowest BCUT2D eigenvalue weighted by molar-refractivity contribution is -0.394. The molecule has 12 nitrogen and oxygen atoms in total. The third kappa shape index (κ3) is 5.48. The van der Waals surface area contributed by atoms with Crippen LogP contribution in [0.15, 0.2) is 60.9 Å². The maximum absolute atomic E-state index is 12.6. The largest absolute Gasteiger partial charge is 0.354 e. The van der Waals surface area contributed by atoms with Crippen molar-refractivity contribution in [3.8, 4) is 0 Å². The van der Waals surface area contributed by atoms with Gasteiger partial charge in [-0.2, -0.15) is 0 Å². The van der Waals surface area contributed by atoms with E-state index < -0.39 is 27.1 Å². The van der Waals surface area contributed by atoms with Crippen molar-refractivity contribution in [1.29, 1.82) is 0 Å². The van der Waals surface area contributed by atoms with Crippen LogP contribution in [-0.2, 0) is 6.54 Å². The lowest BCUT2D eigenvalue weighted by atomic mass is 10.1. The monoisotopic (exact) mass is 463 g/mol. The van der Waals surface area contributed by atoms with Crippen LogP contribution in [-0.4, -0.2) is 56.8 Å². The summed E-state index contributed by atoms with van der Waals surface area (Å²) < 4.78 is 0. The smallest absolute Gasteiger partial charge is 0.277 e. The van der Waals surface area contributed by atoms with E-state index in [0.717, 1.165) is 50.9 Å². The van der Waals surface area contributed by atoms with Crippen LogP contribution in [0.25, 0.3) is 0 Å². The van der Waals surface area contributed by atoms with Crippen LogP contribution >= 0.6 is 0 Å². The van der Waals surface area contributed by atoms with E-state index in [-0.39, 0.29) is 11.4 Å². The number of nitrogens with zero attached hydrogens (tertiary/aromatic N) is 6. The second-order valence-electron chi connectivity index (χ2n) is 7.72. The van der Waals surface area contributed by atoms with E-state index >= 15 is 0 Å². The Balaban J connectivity index is 1.42. The number of nitrogens with one attached hydrogen (secondary N) is 1. The van der Waals surface area contributed by atoms with E-state index in [4.69, 9.17) is 0 Å². The summed E-state index contributed by atoms with van der Waals surface area (Å²) in [4.78, 5) is 46.0. The molecule has 0 spiro atoms. The SMILES string of the molecule is O=C(Nc1cc(N2CCN(Cc3ccccc3)CC2)ncn1)c1cc([N+](=O)[O-])cc([N+](=O)[O-])c1. The standard InChI is InChI=1S/C22H21N7O5/c30-22(17-10-18(28(31)32)12-19(11-17)29(33)34)25-20-13-21(24-15-23-20)27-8-6-26(7-9-27)14-16-4-2-1-3-5-16/h1-5,10-13,15H,6-9,14H2,(H,23,24,25,30). The summed E-state index contributed by atoms with van der Waals surface area (Å²) >= 11 is 0. The molecule has 0 bridgehead atoms. The topological polar surface area (TPSA) is 148 Å². The Labute approximate surface area is 194 Å². The molecule has 1 saturated heterocycles. The molecule has 1 amide bonds. The van der Waals surface area contributed by atoms with Gasteiger partial charge in [0.2, 0.25) is 0 Å². The average Bonchev–Trinajstić information content (AvgIpc) is 2.85. The van der Waals surface area contributed by atoms with Gasteiger partial charge in [-0.15, -0.1) is 0 Å². The zero-order valence-electron chi connectivity index (χ0n) is 18.0. The molecule has 2 heterocycles. The van der Waals surface area contributed by atoms with Crippen molar-refractivity contribution < 1.29 is 14.6 Å². The van der Waals surface area contributed by atoms with Crippen molar-refractivity contribution in [2.75, 3.05) is 36.4 Å². The highest BCUT2D eigenvalue weighted by Gasteiger charge is 2.22. The Kier molecular flexibility index (Phi) is 6.69. The van der Waals surface area contributed by atoms with E-state index in [0.29, 0.717) is 5.82 Å².